The fraction of sp³-hybridized carbons (Fsp3) is 0.375. The number of carbonyl (C=O) groups is 1. The maximum atomic E-state index is 12.6. The van der Waals surface area contributed by atoms with Gasteiger partial charge in [-0.2, -0.15) is 0 Å². The quantitative estimate of drug-likeness (QED) is 0.811. The largest absolute Gasteiger partial charge is 0.506 e. The summed E-state index contributed by atoms with van der Waals surface area (Å²) in [4.78, 5) is 24.3. The van der Waals surface area contributed by atoms with Crippen LogP contribution >= 0.6 is 0 Å². The van der Waals surface area contributed by atoms with Crippen LogP contribution in [0.15, 0.2) is 23.0 Å². The Morgan fingerprint density at radius 2 is 2.00 bits per heavy atom. The van der Waals surface area contributed by atoms with Crippen LogP contribution in [0.4, 0.5) is 0 Å². The molecule has 4 heteroatoms. The van der Waals surface area contributed by atoms with E-state index in [0.29, 0.717) is 5.39 Å². The molecular weight excluding hydrogens is 254 g/mol. The summed E-state index contributed by atoms with van der Waals surface area (Å²) in [6, 6.07) is 5.53. The minimum absolute atomic E-state index is 0.0615. The Balaban J connectivity index is 2.62. The van der Waals surface area contributed by atoms with Crippen molar-refractivity contribution in [2.75, 3.05) is 0 Å². The first kappa shape index (κ1) is 12.9. The molecule has 4 nitrogen and oxygen atoms in total. The first-order valence-corrected chi connectivity index (χ1v) is 6.70. The molecule has 0 saturated heterocycles. The van der Waals surface area contributed by atoms with Gasteiger partial charge in [-0.05, 0) is 25.5 Å². The van der Waals surface area contributed by atoms with E-state index in [1.807, 2.05) is 19.1 Å². The third-order valence-electron chi connectivity index (χ3n) is 4.68. The highest BCUT2D eigenvalue weighted by Crippen LogP contribution is 2.46. The van der Waals surface area contributed by atoms with Crippen LogP contribution in [-0.2, 0) is 5.41 Å². The van der Waals surface area contributed by atoms with Crippen LogP contribution in [0.2, 0.25) is 0 Å². The van der Waals surface area contributed by atoms with Crippen LogP contribution < -0.4 is 5.56 Å². The number of hydrogen-bond donors (Lipinski definition) is 1. The Morgan fingerprint density at radius 1 is 1.35 bits per heavy atom. The van der Waals surface area contributed by atoms with Gasteiger partial charge in [-0.1, -0.05) is 26.0 Å². The second-order valence-electron chi connectivity index (χ2n) is 6.05. The predicted molar refractivity (Wildman–Crippen MR) is 77.6 cm³/mol. The van der Waals surface area contributed by atoms with Gasteiger partial charge in [0, 0.05) is 16.8 Å². The van der Waals surface area contributed by atoms with Gasteiger partial charge in [-0.15, -0.1) is 0 Å². The lowest BCUT2D eigenvalue weighted by Gasteiger charge is -2.25. The molecule has 2 heterocycles. The first-order valence-electron chi connectivity index (χ1n) is 6.70. The maximum Gasteiger partial charge on any atom is 0.265 e. The Hall–Kier alpha value is -2.10. The number of aromatic hydroxyl groups is 1. The van der Waals surface area contributed by atoms with Gasteiger partial charge in [0.15, 0.2) is 5.78 Å². The molecule has 1 aliphatic rings. The van der Waals surface area contributed by atoms with Gasteiger partial charge in [-0.3, -0.25) is 9.59 Å². The molecule has 1 aromatic carbocycles. The fourth-order valence-electron chi connectivity index (χ4n) is 3.21. The van der Waals surface area contributed by atoms with Crippen molar-refractivity contribution in [2.45, 2.75) is 39.2 Å². The molecule has 1 unspecified atom stereocenters. The molecule has 104 valence electrons. The molecule has 0 aliphatic carbocycles. The number of Topliss-reactive ketones (excluding diaryl/α,β-unsaturated/α-hetero) is 1. The van der Waals surface area contributed by atoms with E-state index < -0.39 is 11.3 Å². The van der Waals surface area contributed by atoms with Gasteiger partial charge in [0.25, 0.3) is 5.56 Å². The molecule has 1 aromatic heterocycles. The zero-order chi connectivity index (χ0) is 14.8. The van der Waals surface area contributed by atoms with E-state index >= 15 is 0 Å². The second-order valence-corrected chi connectivity index (χ2v) is 6.05. The van der Waals surface area contributed by atoms with Crippen molar-refractivity contribution < 1.29 is 9.90 Å². The number of pyridine rings is 1. The van der Waals surface area contributed by atoms with Crippen molar-refractivity contribution in [1.82, 2.24) is 4.57 Å². The van der Waals surface area contributed by atoms with Crippen molar-refractivity contribution in [3.05, 3.63) is 39.7 Å². The van der Waals surface area contributed by atoms with Crippen LogP contribution in [0, 0.1) is 0 Å². The summed E-state index contributed by atoms with van der Waals surface area (Å²) in [5.74, 6) is -0.596. The topological polar surface area (TPSA) is 59.3 Å². The average molecular weight is 271 g/mol. The normalized spacial score (nSPS) is 19.5. The number of ketones is 1. The molecule has 2 aromatic rings. The van der Waals surface area contributed by atoms with Crippen molar-refractivity contribution >= 4 is 16.7 Å². The van der Waals surface area contributed by atoms with E-state index in [1.165, 1.54) is 6.92 Å². The Kier molecular flexibility index (Phi) is 2.40. The maximum absolute atomic E-state index is 12.6. The number of benzene rings is 1. The van der Waals surface area contributed by atoms with Crippen LogP contribution in [0.25, 0.3) is 10.9 Å². The van der Waals surface area contributed by atoms with Crippen LogP contribution in [0.1, 0.15) is 49.7 Å². The number of para-hydroxylation sites is 1. The second kappa shape index (κ2) is 3.72. The molecule has 0 radical (unpaired) electrons. The van der Waals surface area contributed by atoms with Crippen molar-refractivity contribution in [3.8, 4) is 5.75 Å². The van der Waals surface area contributed by atoms with E-state index in [0.717, 1.165) is 11.1 Å². The Bertz CT molecular complexity index is 815. The van der Waals surface area contributed by atoms with E-state index in [9.17, 15) is 14.7 Å². The lowest BCUT2D eigenvalue weighted by atomic mass is 9.81. The zero-order valence-electron chi connectivity index (χ0n) is 12.0. The van der Waals surface area contributed by atoms with Gasteiger partial charge < -0.3 is 9.67 Å². The number of rotatable bonds is 1. The van der Waals surface area contributed by atoms with Crippen LogP contribution in [0.5, 0.6) is 5.75 Å². The molecule has 20 heavy (non-hydrogen) atoms. The SMILES string of the molecule is CC(=O)c1c(O)c2cccc3c2n(c1=O)C(C)C3(C)C. The predicted octanol–water partition coefficient (Wildman–Crippen LogP) is 2.76. The summed E-state index contributed by atoms with van der Waals surface area (Å²) in [5, 5.41) is 10.9. The fourth-order valence-corrected chi connectivity index (χ4v) is 3.21. The molecule has 3 rings (SSSR count). The minimum Gasteiger partial charge on any atom is -0.506 e. The van der Waals surface area contributed by atoms with Crippen LogP contribution in [0.3, 0.4) is 0 Å². The summed E-state index contributed by atoms with van der Waals surface area (Å²) in [5.41, 5.74) is 1.06. The molecule has 0 spiro atoms. The standard InChI is InChI=1S/C16H17NO3/c1-8(18)12-14(19)10-6-5-7-11-13(10)17(15(12)20)9(2)16(11,3)4/h5-7,9,19H,1-4H3. The van der Waals surface area contributed by atoms with Gasteiger partial charge >= 0.3 is 0 Å². The van der Waals surface area contributed by atoms with Crippen molar-refractivity contribution in [1.29, 1.82) is 0 Å². The van der Waals surface area contributed by atoms with E-state index in [2.05, 4.69) is 13.8 Å². The van der Waals surface area contributed by atoms with Gasteiger partial charge in [0.2, 0.25) is 0 Å². The van der Waals surface area contributed by atoms with Crippen molar-refractivity contribution in [3.63, 3.8) is 0 Å². The summed E-state index contributed by atoms with van der Waals surface area (Å²) in [6.07, 6.45) is 0. The molecule has 1 atom stereocenters. The van der Waals surface area contributed by atoms with Gasteiger partial charge in [0.05, 0.1) is 5.52 Å². The van der Waals surface area contributed by atoms with Crippen LogP contribution in [-0.4, -0.2) is 15.5 Å². The van der Waals surface area contributed by atoms with E-state index in [-0.39, 0.29) is 22.8 Å². The highest BCUT2D eigenvalue weighted by molar-refractivity contribution is 6.03. The van der Waals surface area contributed by atoms with E-state index in [1.54, 1.807) is 10.6 Å². The summed E-state index contributed by atoms with van der Waals surface area (Å²) in [6.45, 7) is 7.43. The summed E-state index contributed by atoms with van der Waals surface area (Å²) < 4.78 is 1.65. The highest BCUT2D eigenvalue weighted by atomic mass is 16.3. The van der Waals surface area contributed by atoms with Gasteiger partial charge in [-0.25, -0.2) is 0 Å². The molecule has 0 fully saturated rings. The summed E-state index contributed by atoms with van der Waals surface area (Å²) >= 11 is 0. The molecule has 0 bridgehead atoms. The molecule has 0 saturated carbocycles. The average Bonchev–Trinajstić information content (AvgIpc) is 2.57. The van der Waals surface area contributed by atoms with Gasteiger partial charge in [0.1, 0.15) is 11.3 Å². The lowest BCUT2D eigenvalue weighted by Crippen LogP contribution is -2.31. The third-order valence-corrected chi connectivity index (χ3v) is 4.68. The monoisotopic (exact) mass is 271 g/mol. The smallest absolute Gasteiger partial charge is 0.265 e. The first-order chi connectivity index (χ1) is 9.28. The number of aromatic nitrogens is 1. The highest BCUT2D eigenvalue weighted by Gasteiger charge is 2.40. The number of carbonyl (C=O) groups excluding carboxylic acids is 1. The van der Waals surface area contributed by atoms with Crippen molar-refractivity contribution in [2.24, 2.45) is 0 Å². The summed E-state index contributed by atoms with van der Waals surface area (Å²) in [7, 11) is 0. The zero-order valence-corrected chi connectivity index (χ0v) is 12.0. The minimum atomic E-state index is -0.402. The van der Waals surface area contributed by atoms with E-state index in [4.69, 9.17) is 0 Å². The third kappa shape index (κ3) is 1.31. The Labute approximate surface area is 116 Å². The molecule has 0 amide bonds. The number of hydrogen-bond acceptors (Lipinski definition) is 3. The Morgan fingerprint density at radius 3 is 2.60 bits per heavy atom. The number of nitrogens with zero attached hydrogens (tertiary/aromatic N) is 1. The molecule has 1 aliphatic heterocycles. The molecular formula is C16H17NO3. The lowest BCUT2D eigenvalue weighted by molar-refractivity contribution is 0.101. The molecule has 1 N–H and O–H groups in total.